The Balaban J connectivity index is 1.72. The molecule has 0 saturated carbocycles. The van der Waals surface area contributed by atoms with Crippen LogP contribution in [0.1, 0.15) is 33.9 Å². The first-order valence-corrected chi connectivity index (χ1v) is 9.38. The van der Waals surface area contributed by atoms with Crippen LogP contribution in [0.15, 0.2) is 59.7 Å². The molecule has 3 rings (SSSR count). The van der Waals surface area contributed by atoms with Gasteiger partial charge in [0, 0.05) is 23.5 Å². The summed E-state index contributed by atoms with van der Waals surface area (Å²) < 4.78 is 0. The molecule has 1 aromatic heterocycles. The SMILES string of the molecule is NCCc1ccc(C#Cc2ccc(C(CO)Cc3nc[nH]c(=O)c3O)cc2)cc1. The fourth-order valence-electron chi connectivity index (χ4n) is 3.00. The molecule has 0 aliphatic carbocycles. The molecule has 0 bridgehead atoms. The summed E-state index contributed by atoms with van der Waals surface area (Å²) in [7, 11) is 0. The van der Waals surface area contributed by atoms with E-state index in [0.717, 1.165) is 23.1 Å². The molecular weight excluding hydrogens is 366 g/mol. The highest BCUT2D eigenvalue weighted by Crippen LogP contribution is 2.22. The maximum absolute atomic E-state index is 11.5. The number of aliphatic hydroxyl groups is 1. The first-order chi connectivity index (χ1) is 14.1. The number of nitrogens with two attached hydrogens (primary N) is 1. The van der Waals surface area contributed by atoms with E-state index in [1.54, 1.807) is 0 Å². The van der Waals surface area contributed by atoms with Gasteiger partial charge < -0.3 is 20.9 Å². The molecule has 6 heteroatoms. The third-order valence-corrected chi connectivity index (χ3v) is 4.68. The van der Waals surface area contributed by atoms with Gasteiger partial charge in [0.1, 0.15) is 0 Å². The van der Waals surface area contributed by atoms with Gasteiger partial charge in [0.25, 0.3) is 5.56 Å². The normalized spacial score (nSPS) is 11.5. The Hall–Kier alpha value is -3.40. The van der Waals surface area contributed by atoms with Crippen LogP contribution in [-0.4, -0.2) is 33.3 Å². The standard InChI is InChI=1S/C23H23N3O3/c24-12-11-18-5-3-16(4-6-18)1-2-17-7-9-19(10-8-17)20(14-27)13-21-22(28)23(29)26-15-25-21/h3-10,15,20,27-28H,11-14,24H2,(H,25,26,29). The van der Waals surface area contributed by atoms with Gasteiger partial charge in [-0.2, -0.15) is 0 Å². The van der Waals surface area contributed by atoms with Crippen molar-refractivity contribution >= 4 is 0 Å². The molecule has 6 nitrogen and oxygen atoms in total. The highest BCUT2D eigenvalue weighted by molar-refractivity contribution is 5.44. The van der Waals surface area contributed by atoms with Crippen molar-refractivity contribution in [2.45, 2.75) is 18.8 Å². The number of aromatic nitrogens is 2. The summed E-state index contributed by atoms with van der Waals surface area (Å²) in [5.74, 6) is 5.57. The number of nitrogens with one attached hydrogen (secondary N) is 1. The van der Waals surface area contributed by atoms with E-state index in [0.29, 0.717) is 6.54 Å². The Morgan fingerprint density at radius 1 is 1.03 bits per heavy atom. The van der Waals surface area contributed by atoms with E-state index in [4.69, 9.17) is 5.73 Å². The number of H-pyrrole nitrogens is 1. The molecule has 1 unspecified atom stereocenters. The molecule has 0 fully saturated rings. The second-order valence-electron chi connectivity index (χ2n) is 6.72. The quantitative estimate of drug-likeness (QED) is 0.480. The number of aromatic hydroxyl groups is 1. The lowest BCUT2D eigenvalue weighted by molar-refractivity contribution is 0.263. The van der Waals surface area contributed by atoms with Crippen molar-refractivity contribution in [2.75, 3.05) is 13.2 Å². The number of nitrogens with zero attached hydrogens (tertiary/aromatic N) is 1. The van der Waals surface area contributed by atoms with E-state index in [9.17, 15) is 15.0 Å². The maximum atomic E-state index is 11.5. The zero-order valence-electron chi connectivity index (χ0n) is 15.9. The van der Waals surface area contributed by atoms with Gasteiger partial charge in [0.05, 0.1) is 18.6 Å². The molecule has 3 aromatic rings. The maximum Gasteiger partial charge on any atom is 0.293 e. The molecule has 0 aliphatic heterocycles. The van der Waals surface area contributed by atoms with Crippen molar-refractivity contribution in [1.29, 1.82) is 0 Å². The monoisotopic (exact) mass is 389 g/mol. The van der Waals surface area contributed by atoms with Crippen LogP contribution in [0.25, 0.3) is 0 Å². The van der Waals surface area contributed by atoms with Crippen molar-refractivity contribution < 1.29 is 10.2 Å². The van der Waals surface area contributed by atoms with Gasteiger partial charge in [-0.05, 0) is 48.4 Å². The summed E-state index contributed by atoms with van der Waals surface area (Å²) in [5.41, 5.74) is 9.09. The minimum Gasteiger partial charge on any atom is -0.502 e. The second kappa shape index (κ2) is 9.69. The van der Waals surface area contributed by atoms with Gasteiger partial charge in [-0.15, -0.1) is 0 Å². The Morgan fingerprint density at radius 2 is 1.66 bits per heavy atom. The summed E-state index contributed by atoms with van der Waals surface area (Å²) in [6.45, 7) is 0.497. The highest BCUT2D eigenvalue weighted by Gasteiger charge is 2.16. The van der Waals surface area contributed by atoms with E-state index in [1.165, 1.54) is 11.9 Å². The fraction of sp³-hybridized carbons (Fsp3) is 0.217. The molecule has 0 spiro atoms. The third kappa shape index (κ3) is 5.32. The Kier molecular flexibility index (Phi) is 6.80. The highest BCUT2D eigenvalue weighted by atomic mass is 16.3. The molecule has 2 aromatic carbocycles. The summed E-state index contributed by atoms with van der Waals surface area (Å²) in [5, 5.41) is 19.6. The molecule has 1 heterocycles. The van der Waals surface area contributed by atoms with Crippen LogP contribution in [0.2, 0.25) is 0 Å². The number of hydrogen-bond donors (Lipinski definition) is 4. The molecular formula is C23H23N3O3. The van der Waals surface area contributed by atoms with Crippen LogP contribution < -0.4 is 11.3 Å². The minimum atomic E-state index is -0.589. The van der Waals surface area contributed by atoms with Crippen molar-refractivity contribution in [3.05, 3.63) is 93.2 Å². The Morgan fingerprint density at radius 3 is 2.24 bits per heavy atom. The van der Waals surface area contributed by atoms with Crippen LogP contribution in [0, 0.1) is 11.8 Å². The topological polar surface area (TPSA) is 112 Å². The summed E-state index contributed by atoms with van der Waals surface area (Å²) >= 11 is 0. The van der Waals surface area contributed by atoms with Crippen LogP contribution in [0.4, 0.5) is 0 Å². The summed E-state index contributed by atoms with van der Waals surface area (Å²) in [6.07, 6.45) is 2.35. The average molecular weight is 389 g/mol. The summed E-state index contributed by atoms with van der Waals surface area (Å²) in [4.78, 5) is 17.8. The number of aromatic amines is 1. The second-order valence-corrected chi connectivity index (χ2v) is 6.72. The van der Waals surface area contributed by atoms with Gasteiger partial charge in [0.15, 0.2) is 0 Å². The van der Waals surface area contributed by atoms with Gasteiger partial charge in [-0.1, -0.05) is 36.1 Å². The third-order valence-electron chi connectivity index (χ3n) is 4.68. The molecule has 29 heavy (non-hydrogen) atoms. The molecule has 148 valence electrons. The number of benzene rings is 2. The van der Waals surface area contributed by atoms with E-state index < -0.39 is 11.3 Å². The molecule has 0 radical (unpaired) electrons. The molecule has 0 amide bonds. The Labute approximate surface area is 169 Å². The Bertz CT molecular complexity index is 1060. The van der Waals surface area contributed by atoms with Gasteiger partial charge in [-0.3, -0.25) is 4.79 Å². The van der Waals surface area contributed by atoms with Crippen molar-refractivity contribution in [1.82, 2.24) is 9.97 Å². The van der Waals surface area contributed by atoms with E-state index in [1.807, 2.05) is 48.5 Å². The molecule has 0 aliphatic rings. The first kappa shape index (κ1) is 20.3. The number of hydrogen-bond acceptors (Lipinski definition) is 5. The van der Waals surface area contributed by atoms with Crippen LogP contribution in [0.3, 0.4) is 0 Å². The molecule has 1 atom stereocenters. The lowest BCUT2D eigenvalue weighted by Crippen LogP contribution is -2.14. The predicted octanol–water partition coefficient (Wildman–Crippen LogP) is 1.70. The van der Waals surface area contributed by atoms with Crippen LogP contribution >= 0.6 is 0 Å². The predicted molar refractivity (Wildman–Crippen MR) is 112 cm³/mol. The van der Waals surface area contributed by atoms with Crippen LogP contribution in [0.5, 0.6) is 5.75 Å². The van der Waals surface area contributed by atoms with E-state index >= 15 is 0 Å². The van der Waals surface area contributed by atoms with Crippen molar-refractivity contribution in [3.8, 4) is 17.6 Å². The van der Waals surface area contributed by atoms with Gasteiger partial charge in [0.2, 0.25) is 5.75 Å². The number of aliphatic hydroxyl groups excluding tert-OH is 1. The molecule has 0 saturated heterocycles. The molecule has 5 N–H and O–H groups in total. The van der Waals surface area contributed by atoms with Crippen molar-refractivity contribution in [3.63, 3.8) is 0 Å². The smallest absolute Gasteiger partial charge is 0.293 e. The van der Waals surface area contributed by atoms with E-state index in [-0.39, 0.29) is 24.6 Å². The van der Waals surface area contributed by atoms with Crippen LogP contribution in [-0.2, 0) is 12.8 Å². The average Bonchev–Trinajstić information content (AvgIpc) is 2.75. The largest absolute Gasteiger partial charge is 0.502 e. The lowest BCUT2D eigenvalue weighted by Gasteiger charge is -2.14. The fourth-order valence-corrected chi connectivity index (χ4v) is 3.00. The number of rotatable bonds is 6. The minimum absolute atomic E-state index is 0.131. The first-order valence-electron chi connectivity index (χ1n) is 9.38. The zero-order chi connectivity index (χ0) is 20.6. The summed E-state index contributed by atoms with van der Waals surface area (Å²) in [6, 6.07) is 15.6. The van der Waals surface area contributed by atoms with E-state index in [2.05, 4.69) is 21.8 Å². The zero-order valence-corrected chi connectivity index (χ0v) is 15.9. The lowest BCUT2D eigenvalue weighted by atomic mass is 9.94. The van der Waals surface area contributed by atoms with Gasteiger partial charge in [-0.25, -0.2) is 4.98 Å². The van der Waals surface area contributed by atoms with Gasteiger partial charge >= 0.3 is 0 Å². The van der Waals surface area contributed by atoms with Crippen molar-refractivity contribution in [2.24, 2.45) is 5.73 Å².